The molecule has 4 heteroatoms. The normalized spacial score (nSPS) is 12.4. The molecule has 0 aliphatic rings. The van der Waals surface area contributed by atoms with E-state index in [1.54, 1.807) is 6.20 Å². The number of halogens is 1. The van der Waals surface area contributed by atoms with E-state index in [0.29, 0.717) is 0 Å². The average Bonchev–Trinajstić information content (AvgIpc) is 2.37. The summed E-state index contributed by atoms with van der Waals surface area (Å²) in [7, 11) is 0. The fourth-order valence-electron chi connectivity index (χ4n) is 2.04. The van der Waals surface area contributed by atoms with Gasteiger partial charge in [-0.05, 0) is 52.0 Å². The highest BCUT2D eigenvalue weighted by atomic mass is 79.9. The van der Waals surface area contributed by atoms with Gasteiger partial charge >= 0.3 is 0 Å². The molecule has 0 radical (unpaired) electrons. The van der Waals surface area contributed by atoms with Gasteiger partial charge in [0.05, 0.1) is 6.04 Å². The van der Waals surface area contributed by atoms with Gasteiger partial charge in [-0.1, -0.05) is 24.3 Å². The summed E-state index contributed by atoms with van der Waals surface area (Å²) in [5, 5.41) is 0. The van der Waals surface area contributed by atoms with Gasteiger partial charge in [0, 0.05) is 16.9 Å². The highest BCUT2D eigenvalue weighted by Crippen LogP contribution is 2.21. The van der Waals surface area contributed by atoms with Crippen molar-refractivity contribution in [2.45, 2.75) is 19.4 Å². The van der Waals surface area contributed by atoms with Gasteiger partial charge in [-0.25, -0.2) is 0 Å². The fourth-order valence-corrected chi connectivity index (χ4v) is 2.45. The smallest absolute Gasteiger partial charge is 0.0503 e. The van der Waals surface area contributed by atoms with E-state index in [1.165, 1.54) is 11.1 Å². The minimum Gasteiger partial charge on any atom is -0.271 e. The zero-order chi connectivity index (χ0) is 13.0. The molecule has 1 aromatic carbocycles. The van der Waals surface area contributed by atoms with Crippen LogP contribution in [0.15, 0.2) is 47.2 Å². The van der Waals surface area contributed by atoms with Crippen LogP contribution in [0, 0.1) is 6.92 Å². The molecule has 1 unspecified atom stereocenters. The lowest BCUT2D eigenvalue weighted by Gasteiger charge is -2.18. The number of rotatable bonds is 4. The van der Waals surface area contributed by atoms with Crippen LogP contribution in [0.2, 0.25) is 0 Å². The lowest BCUT2D eigenvalue weighted by molar-refractivity contribution is 0.548. The van der Waals surface area contributed by atoms with E-state index >= 15 is 0 Å². The van der Waals surface area contributed by atoms with Gasteiger partial charge in [-0.15, -0.1) is 0 Å². The third-order valence-corrected chi connectivity index (χ3v) is 3.40. The summed E-state index contributed by atoms with van der Waals surface area (Å²) in [5.74, 6) is 5.68. The molecule has 0 bridgehead atoms. The number of aryl methyl sites for hydroxylation is 1. The van der Waals surface area contributed by atoms with Crippen LogP contribution in [0.5, 0.6) is 0 Å². The zero-order valence-electron chi connectivity index (χ0n) is 10.2. The lowest BCUT2D eigenvalue weighted by Crippen LogP contribution is -2.30. The van der Waals surface area contributed by atoms with Crippen molar-refractivity contribution in [3.8, 4) is 0 Å². The Kier molecular flexibility index (Phi) is 4.47. The Morgan fingerprint density at radius 2 is 2.11 bits per heavy atom. The summed E-state index contributed by atoms with van der Waals surface area (Å²) < 4.78 is 0.987. The quantitative estimate of drug-likeness (QED) is 0.674. The molecular weight excluding hydrogens is 290 g/mol. The number of hydrogen-bond donors (Lipinski definition) is 2. The largest absolute Gasteiger partial charge is 0.271 e. The Hall–Kier alpha value is -1.23. The summed E-state index contributed by atoms with van der Waals surface area (Å²) in [6, 6.07) is 10.4. The second-order valence-corrected chi connectivity index (χ2v) is 5.21. The Bertz CT molecular complexity index is 528. The van der Waals surface area contributed by atoms with Crippen LogP contribution < -0.4 is 11.3 Å². The molecule has 0 aliphatic carbocycles. The molecule has 2 aromatic rings. The molecule has 3 N–H and O–H groups in total. The fraction of sp³-hybridized carbons (Fsp3) is 0.214. The van der Waals surface area contributed by atoms with Crippen molar-refractivity contribution in [3.63, 3.8) is 0 Å². The summed E-state index contributed by atoms with van der Waals surface area (Å²) in [6.07, 6.45) is 4.46. The molecule has 1 atom stereocenters. The molecule has 0 saturated carbocycles. The number of aromatic nitrogens is 1. The summed E-state index contributed by atoms with van der Waals surface area (Å²) in [6.45, 7) is 2.10. The number of nitrogens with zero attached hydrogens (tertiary/aromatic N) is 1. The molecule has 2 rings (SSSR count). The van der Waals surface area contributed by atoms with Crippen LogP contribution in [0.1, 0.15) is 22.7 Å². The second kappa shape index (κ2) is 6.09. The standard InChI is InChI=1S/C14H16BrN3/c1-10-4-2-3-5-13(10)14(18-16)7-11-6-12(15)9-17-8-11/h2-6,8-9,14,18H,7,16H2,1H3. The molecule has 1 heterocycles. The van der Waals surface area contributed by atoms with Crippen LogP contribution >= 0.6 is 15.9 Å². The summed E-state index contributed by atoms with van der Waals surface area (Å²) in [5.41, 5.74) is 6.49. The highest BCUT2D eigenvalue weighted by Gasteiger charge is 2.12. The Balaban J connectivity index is 2.23. The Labute approximate surface area is 116 Å². The SMILES string of the molecule is Cc1ccccc1C(Cc1cncc(Br)c1)NN. The monoisotopic (exact) mass is 305 g/mol. The lowest BCUT2D eigenvalue weighted by atomic mass is 9.97. The number of nitrogens with one attached hydrogen (secondary N) is 1. The first-order valence-electron chi connectivity index (χ1n) is 5.82. The molecule has 94 valence electrons. The molecule has 1 aromatic heterocycles. The molecule has 18 heavy (non-hydrogen) atoms. The van der Waals surface area contributed by atoms with E-state index in [0.717, 1.165) is 16.5 Å². The van der Waals surface area contributed by atoms with Gasteiger partial charge < -0.3 is 0 Å². The van der Waals surface area contributed by atoms with E-state index in [4.69, 9.17) is 5.84 Å². The van der Waals surface area contributed by atoms with Crippen molar-refractivity contribution >= 4 is 15.9 Å². The Morgan fingerprint density at radius 1 is 1.33 bits per heavy atom. The maximum Gasteiger partial charge on any atom is 0.0503 e. The first-order valence-corrected chi connectivity index (χ1v) is 6.61. The third-order valence-electron chi connectivity index (χ3n) is 2.97. The third kappa shape index (κ3) is 3.16. The minimum atomic E-state index is 0.0994. The van der Waals surface area contributed by atoms with Crippen LogP contribution in [-0.2, 0) is 6.42 Å². The first-order chi connectivity index (χ1) is 8.70. The van der Waals surface area contributed by atoms with E-state index in [9.17, 15) is 0 Å². The molecule has 0 aliphatic heterocycles. The molecule has 0 saturated heterocycles. The van der Waals surface area contributed by atoms with Crippen molar-refractivity contribution in [1.29, 1.82) is 0 Å². The van der Waals surface area contributed by atoms with E-state index in [-0.39, 0.29) is 6.04 Å². The van der Waals surface area contributed by atoms with Crippen LogP contribution in [0.3, 0.4) is 0 Å². The zero-order valence-corrected chi connectivity index (χ0v) is 11.8. The van der Waals surface area contributed by atoms with Crippen molar-refractivity contribution in [3.05, 3.63) is 63.9 Å². The van der Waals surface area contributed by atoms with Crippen LogP contribution in [0.25, 0.3) is 0 Å². The van der Waals surface area contributed by atoms with Crippen molar-refractivity contribution < 1.29 is 0 Å². The number of pyridine rings is 1. The molecule has 0 amide bonds. The second-order valence-electron chi connectivity index (χ2n) is 4.29. The predicted molar refractivity (Wildman–Crippen MR) is 76.9 cm³/mol. The number of hydrogen-bond acceptors (Lipinski definition) is 3. The first kappa shape index (κ1) is 13.2. The van der Waals surface area contributed by atoms with Crippen LogP contribution in [0.4, 0.5) is 0 Å². The average molecular weight is 306 g/mol. The summed E-state index contributed by atoms with van der Waals surface area (Å²) >= 11 is 3.43. The van der Waals surface area contributed by atoms with Gasteiger partial charge in [0.1, 0.15) is 0 Å². The van der Waals surface area contributed by atoms with Crippen molar-refractivity contribution in [2.24, 2.45) is 5.84 Å². The van der Waals surface area contributed by atoms with Gasteiger partial charge in [-0.3, -0.25) is 16.3 Å². The Morgan fingerprint density at radius 3 is 2.78 bits per heavy atom. The van der Waals surface area contributed by atoms with Gasteiger partial charge in [0.15, 0.2) is 0 Å². The number of benzene rings is 1. The van der Waals surface area contributed by atoms with E-state index in [2.05, 4.69) is 51.5 Å². The van der Waals surface area contributed by atoms with Crippen molar-refractivity contribution in [1.82, 2.24) is 10.4 Å². The number of hydrazine groups is 1. The van der Waals surface area contributed by atoms with Gasteiger partial charge in [-0.2, -0.15) is 0 Å². The number of nitrogens with two attached hydrogens (primary N) is 1. The van der Waals surface area contributed by atoms with E-state index in [1.807, 2.05) is 18.3 Å². The topological polar surface area (TPSA) is 50.9 Å². The van der Waals surface area contributed by atoms with Crippen molar-refractivity contribution in [2.75, 3.05) is 0 Å². The molecule has 3 nitrogen and oxygen atoms in total. The maximum atomic E-state index is 5.68. The van der Waals surface area contributed by atoms with E-state index < -0.39 is 0 Å². The van der Waals surface area contributed by atoms with Crippen LogP contribution in [-0.4, -0.2) is 4.98 Å². The molecule has 0 spiro atoms. The summed E-state index contributed by atoms with van der Waals surface area (Å²) in [4.78, 5) is 4.17. The molecule has 0 fully saturated rings. The minimum absolute atomic E-state index is 0.0994. The maximum absolute atomic E-state index is 5.68. The highest BCUT2D eigenvalue weighted by molar-refractivity contribution is 9.10. The van der Waals surface area contributed by atoms with Gasteiger partial charge in [0.2, 0.25) is 0 Å². The predicted octanol–water partition coefficient (Wildman–Crippen LogP) is 2.90. The van der Waals surface area contributed by atoms with Gasteiger partial charge in [0.25, 0.3) is 0 Å². The molecular formula is C14H16BrN3.